The lowest BCUT2D eigenvalue weighted by Crippen LogP contribution is -2.05. The highest BCUT2D eigenvalue weighted by atomic mass is 35.5. The van der Waals surface area contributed by atoms with Gasteiger partial charge in [0.1, 0.15) is 11.3 Å². The first-order valence-corrected chi connectivity index (χ1v) is 5.89. The van der Waals surface area contributed by atoms with Crippen LogP contribution in [0.1, 0.15) is 15.9 Å². The fourth-order valence-corrected chi connectivity index (χ4v) is 1.65. The van der Waals surface area contributed by atoms with Gasteiger partial charge in [-0.2, -0.15) is 13.2 Å². The zero-order valence-electron chi connectivity index (χ0n) is 10.2. The Balaban J connectivity index is 2.28. The molecule has 2 rings (SSSR count). The molecule has 0 aliphatic rings. The summed E-state index contributed by atoms with van der Waals surface area (Å²) in [5.74, 6) is -1.51. The zero-order chi connectivity index (χ0) is 15.6. The molecule has 21 heavy (non-hydrogen) atoms. The average molecular weight is 318 g/mol. The van der Waals surface area contributed by atoms with Gasteiger partial charge in [0.15, 0.2) is 0 Å². The molecule has 0 saturated carbocycles. The third-order valence-corrected chi connectivity index (χ3v) is 2.69. The highest BCUT2D eigenvalue weighted by Gasteiger charge is 2.30. The molecule has 0 amide bonds. The largest absolute Gasteiger partial charge is 0.478 e. The quantitative estimate of drug-likeness (QED) is 0.919. The highest BCUT2D eigenvalue weighted by molar-refractivity contribution is 6.31. The van der Waals surface area contributed by atoms with E-state index in [-0.39, 0.29) is 22.2 Å². The van der Waals surface area contributed by atoms with Crippen LogP contribution in [0.25, 0.3) is 0 Å². The maximum Gasteiger partial charge on any atom is 0.417 e. The number of halogens is 4. The van der Waals surface area contributed by atoms with Gasteiger partial charge in [0, 0.05) is 17.3 Å². The Kier molecular flexibility index (Phi) is 4.04. The average Bonchev–Trinajstić information content (AvgIpc) is 2.40. The van der Waals surface area contributed by atoms with Gasteiger partial charge in [0.05, 0.1) is 5.56 Å². The molecule has 0 unspecified atom stereocenters. The van der Waals surface area contributed by atoms with Gasteiger partial charge in [0.2, 0.25) is 5.88 Å². The van der Waals surface area contributed by atoms with E-state index in [2.05, 4.69) is 4.98 Å². The van der Waals surface area contributed by atoms with Crippen molar-refractivity contribution in [3.05, 3.63) is 52.7 Å². The molecule has 110 valence electrons. The molecule has 2 aromatic rings. The van der Waals surface area contributed by atoms with Gasteiger partial charge >= 0.3 is 12.1 Å². The first-order valence-electron chi connectivity index (χ1n) is 5.51. The Morgan fingerprint density at radius 2 is 1.95 bits per heavy atom. The van der Waals surface area contributed by atoms with Crippen molar-refractivity contribution in [1.29, 1.82) is 0 Å². The Morgan fingerprint density at radius 3 is 2.48 bits per heavy atom. The van der Waals surface area contributed by atoms with Gasteiger partial charge in [-0.1, -0.05) is 11.6 Å². The Morgan fingerprint density at radius 1 is 1.24 bits per heavy atom. The zero-order valence-corrected chi connectivity index (χ0v) is 10.9. The number of hydrogen-bond acceptors (Lipinski definition) is 3. The molecule has 1 aromatic carbocycles. The lowest BCUT2D eigenvalue weighted by Gasteiger charge is -2.10. The number of aromatic nitrogens is 1. The molecule has 8 heteroatoms. The summed E-state index contributed by atoms with van der Waals surface area (Å²) in [6.45, 7) is 0. The molecule has 0 aliphatic heterocycles. The van der Waals surface area contributed by atoms with Crippen molar-refractivity contribution in [2.75, 3.05) is 0 Å². The maximum absolute atomic E-state index is 12.4. The van der Waals surface area contributed by atoms with Crippen LogP contribution in [-0.2, 0) is 6.18 Å². The normalized spacial score (nSPS) is 11.2. The van der Waals surface area contributed by atoms with Crippen molar-refractivity contribution >= 4 is 17.6 Å². The number of aromatic carboxylic acids is 1. The van der Waals surface area contributed by atoms with E-state index in [9.17, 15) is 18.0 Å². The number of nitrogens with zero attached hydrogens (tertiary/aromatic N) is 1. The van der Waals surface area contributed by atoms with E-state index in [1.54, 1.807) is 0 Å². The van der Waals surface area contributed by atoms with Crippen LogP contribution < -0.4 is 4.74 Å². The smallest absolute Gasteiger partial charge is 0.417 e. The monoisotopic (exact) mass is 317 g/mol. The fraction of sp³-hybridized carbons (Fsp3) is 0.0769. The van der Waals surface area contributed by atoms with Crippen molar-refractivity contribution < 1.29 is 27.8 Å². The second-order valence-corrected chi connectivity index (χ2v) is 4.37. The van der Waals surface area contributed by atoms with E-state index in [0.29, 0.717) is 6.20 Å². The number of rotatable bonds is 3. The second-order valence-electron chi connectivity index (χ2n) is 3.93. The van der Waals surface area contributed by atoms with Gasteiger partial charge in [-0.05, 0) is 24.3 Å². The van der Waals surface area contributed by atoms with Gasteiger partial charge in [-0.3, -0.25) is 0 Å². The SMILES string of the molecule is O=C(O)c1cc(Cl)ccc1Oc1ccc(C(F)(F)F)cn1. The van der Waals surface area contributed by atoms with Crippen molar-refractivity contribution in [2.45, 2.75) is 6.18 Å². The standard InChI is InChI=1S/C13H7ClF3NO3/c14-8-2-3-10(9(5-8)12(19)20)21-11-4-1-7(6-18-11)13(15,16)17/h1-6H,(H,19,20). The summed E-state index contributed by atoms with van der Waals surface area (Å²) >= 11 is 5.68. The Hall–Kier alpha value is -2.28. The number of carboxylic acids is 1. The molecule has 0 atom stereocenters. The van der Waals surface area contributed by atoms with Crippen LogP contribution in [0.15, 0.2) is 36.5 Å². The van der Waals surface area contributed by atoms with Crippen LogP contribution in [-0.4, -0.2) is 16.1 Å². The molecule has 4 nitrogen and oxygen atoms in total. The molecule has 0 radical (unpaired) electrons. The lowest BCUT2D eigenvalue weighted by molar-refractivity contribution is -0.137. The van der Waals surface area contributed by atoms with Crippen molar-refractivity contribution in [1.82, 2.24) is 4.98 Å². The summed E-state index contributed by atoms with van der Waals surface area (Å²) in [5.41, 5.74) is -1.14. The van der Waals surface area contributed by atoms with Crippen LogP contribution >= 0.6 is 11.6 Å². The van der Waals surface area contributed by atoms with E-state index < -0.39 is 17.7 Å². The minimum atomic E-state index is -4.50. The Bertz CT molecular complexity index is 671. The molecule has 1 aromatic heterocycles. The van der Waals surface area contributed by atoms with E-state index in [4.69, 9.17) is 21.4 Å². The first-order chi connectivity index (χ1) is 9.77. The molecule has 1 heterocycles. The first kappa shape index (κ1) is 15.1. The van der Waals surface area contributed by atoms with Gasteiger partial charge < -0.3 is 9.84 Å². The predicted octanol–water partition coefficient (Wildman–Crippen LogP) is 4.24. The number of pyridine rings is 1. The maximum atomic E-state index is 12.4. The topological polar surface area (TPSA) is 59.4 Å². The molecule has 0 saturated heterocycles. The summed E-state index contributed by atoms with van der Waals surface area (Å²) < 4.78 is 42.3. The van der Waals surface area contributed by atoms with Gasteiger partial charge in [0.25, 0.3) is 0 Å². The second kappa shape index (κ2) is 5.61. The Labute approximate surface area is 121 Å². The summed E-state index contributed by atoms with van der Waals surface area (Å²) in [6.07, 6.45) is -3.90. The lowest BCUT2D eigenvalue weighted by atomic mass is 10.2. The van der Waals surface area contributed by atoms with Crippen molar-refractivity contribution in [2.24, 2.45) is 0 Å². The van der Waals surface area contributed by atoms with Gasteiger partial charge in [-0.25, -0.2) is 9.78 Å². The van der Waals surface area contributed by atoms with E-state index in [1.165, 1.54) is 18.2 Å². The van der Waals surface area contributed by atoms with Crippen LogP contribution in [0.4, 0.5) is 13.2 Å². The number of ether oxygens (including phenoxy) is 1. The summed E-state index contributed by atoms with van der Waals surface area (Å²) in [6, 6.07) is 5.66. The molecule has 0 fully saturated rings. The number of alkyl halides is 3. The van der Waals surface area contributed by atoms with E-state index in [1.807, 2.05) is 0 Å². The minimum absolute atomic E-state index is 0.0702. The van der Waals surface area contributed by atoms with Crippen molar-refractivity contribution in [3.8, 4) is 11.6 Å². The molecule has 0 spiro atoms. The summed E-state index contributed by atoms with van der Waals surface area (Å²) in [4.78, 5) is 14.5. The summed E-state index contributed by atoms with van der Waals surface area (Å²) in [7, 11) is 0. The number of carboxylic acid groups (broad SMARTS) is 1. The van der Waals surface area contributed by atoms with Crippen LogP contribution in [0.2, 0.25) is 5.02 Å². The predicted molar refractivity (Wildman–Crippen MR) is 67.7 cm³/mol. The highest BCUT2D eigenvalue weighted by Crippen LogP contribution is 2.31. The molecule has 0 bridgehead atoms. The fourth-order valence-electron chi connectivity index (χ4n) is 1.48. The van der Waals surface area contributed by atoms with Crippen LogP contribution in [0.5, 0.6) is 11.6 Å². The minimum Gasteiger partial charge on any atom is -0.478 e. The third-order valence-electron chi connectivity index (χ3n) is 2.45. The third kappa shape index (κ3) is 3.63. The van der Waals surface area contributed by atoms with Crippen molar-refractivity contribution in [3.63, 3.8) is 0 Å². The molecular weight excluding hydrogens is 311 g/mol. The molecular formula is C13H7ClF3NO3. The van der Waals surface area contributed by atoms with Crippen LogP contribution in [0.3, 0.4) is 0 Å². The number of benzene rings is 1. The number of hydrogen-bond donors (Lipinski definition) is 1. The van der Waals surface area contributed by atoms with E-state index in [0.717, 1.165) is 12.1 Å². The molecule has 1 N–H and O–H groups in total. The number of carbonyl (C=O) groups is 1. The summed E-state index contributed by atoms with van der Waals surface area (Å²) in [5, 5.41) is 9.21. The van der Waals surface area contributed by atoms with E-state index >= 15 is 0 Å². The van der Waals surface area contributed by atoms with Gasteiger partial charge in [-0.15, -0.1) is 0 Å². The van der Waals surface area contributed by atoms with Crippen LogP contribution in [0, 0.1) is 0 Å². The molecule has 0 aliphatic carbocycles.